The Morgan fingerprint density at radius 2 is 0.626 bits per heavy atom. The largest absolute Gasteiger partial charge is 0.477 e. The highest BCUT2D eigenvalue weighted by Gasteiger charge is 2.25. The van der Waals surface area contributed by atoms with Crippen LogP contribution in [0.3, 0.4) is 0 Å². The van der Waals surface area contributed by atoms with Crippen LogP contribution in [0.1, 0.15) is 361 Å². The molecule has 0 heterocycles. The third kappa shape index (κ3) is 73.7. The predicted octanol–water partition coefficient (Wildman–Crippen LogP) is 24.6. The van der Waals surface area contributed by atoms with Crippen LogP contribution in [-0.2, 0) is 33.3 Å². The molecule has 0 aromatic heterocycles. The highest BCUT2D eigenvalue weighted by atomic mass is 16.7. The fraction of sp³-hybridized carbons (Fsp3) is 0.793. The normalized spacial score (nSPS) is 13.1. The quantitative estimate of drug-likeness (QED) is 0.0211. The second-order valence-corrected chi connectivity index (χ2v) is 27.3. The molecule has 2 unspecified atom stereocenters. The van der Waals surface area contributed by atoms with Gasteiger partial charge in [-0.05, 0) is 70.6 Å². The summed E-state index contributed by atoms with van der Waals surface area (Å²) in [5.41, 5.74) is 0. The molecule has 0 aliphatic rings. The number of aliphatic carboxylic acids is 1. The van der Waals surface area contributed by atoms with Gasteiger partial charge in [-0.2, -0.15) is 0 Å². The lowest BCUT2D eigenvalue weighted by Crippen LogP contribution is -2.40. The zero-order valence-electron chi connectivity index (χ0n) is 60.5. The zero-order valence-corrected chi connectivity index (χ0v) is 60.5. The molecule has 0 aliphatic heterocycles. The number of rotatable bonds is 72. The standard InChI is InChI=1S/C82H147NO8/c1-6-8-10-12-14-16-18-20-22-24-26-28-30-32-34-36-37-38-39-40-41-42-43-45-47-49-51-53-55-57-59-61-63-65-67-69-71-73-80(85)91-78(77-90-82(81(86)87)88-75-74-83(3,4)5)76-89-79(84)72-70-68-66-64-62-60-58-56-54-52-50-48-46-44-35-33-31-29-27-25-23-21-19-17-15-13-11-9-7-2/h8,10,14,16,20,22,26,28,32,34,37-38,40-41,78,82H,6-7,9,11-13,15,17-19,21,23-25,27,29-31,33,35-36,39,42-77H2,1-5H3/p+1/b10-8-,16-14-,22-20-,28-26-,34-32-,38-37-,41-40-. The van der Waals surface area contributed by atoms with Crippen molar-refractivity contribution in [3.63, 3.8) is 0 Å². The highest BCUT2D eigenvalue weighted by Crippen LogP contribution is 2.19. The summed E-state index contributed by atoms with van der Waals surface area (Å²) in [6, 6.07) is 0. The van der Waals surface area contributed by atoms with Crippen molar-refractivity contribution >= 4 is 17.9 Å². The van der Waals surface area contributed by atoms with Crippen molar-refractivity contribution in [1.82, 2.24) is 0 Å². The molecule has 0 fully saturated rings. The summed E-state index contributed by atoms with van der Waals surface area (Å²) in [6.07, 6.45) is 95.8. The summed E-state index contributed by atoms with van der Waals surface area (Å²) >= 11 is 0. The summed E-state index contributed by atoms with van der Waals surface area (Å²) in [5.74, 6) is -1.98. The van der Waals surface area contributed by atoms with E-state index in [1.807, 2.05) is 21.1 Å². The van der Waals surface area contributed by atoms with Crippen LogP contribution in [0.25, 0.3) is 0 Å². The molecule has 9 nitrogen and oxygen atoms in total. The van der Waals surface area contributed by atoms with Crippen molar-refractivity contribution in [3.8, 4) is 0 Å². The first kappa shape index (κ1) is 87.5. The number of carboxylic acids is 1. The third-order valence-corrected chi connectivity index (χ3v) is 17.2. The molecule has 0 rings (SSSR count). The highest BCUT2D eigenvalue weighted by molar-refractivity contribution is 5.71. The number of carbonyl (C=O) groups excluding carboxylic acids is 2. The van der Waals surface area contributed by atoms with Gasteiger partial charge in [0.1, 0.15) is 13.2 Å². The Kier molecular flexibility index (Phi) is 69.5. The van der Waals surface area contributed by atoms with E-state index in [1.165, 1.54) is 250 Å². The molecule has 1 N–H and O–H groups in total. The van der Waals surface area contributed by atoms with E-state index in [4.69, 9.17) is 18.9 Å². The smallest absolute Gasteiger partial charge is 0.361 e. The lowest BCUT2D eigenvalue weighted by Gasteiger charge is -2.25. The molecule has 0 saturated heterocycles. The first-order chi connectivity index (χ1) is 44.6. The van der Waals surface area contributed by atoms with Gasteiger partial charge in [-0.3, -0.25) is 9.59 Å². The minimum Gasteiger partial charge on any atom is -0.477 e. The van der Waals surface area contributed by atoms with Crippen molar-refractivity contribution in [2.45, 2.75) is 373 Å². The van der Waals surface area contributed by atoms with Crippen LogP contribution < -0.4 is 0 Å². The van der Waals surface area contributed by atoms with Crippen LogP contribution >= 0.6 is 0 Å². The van der Waals surface area contributed by atoms with Gasteiger partial charge in [-0.25, -0.2) is 4.79 Å². The second-order valence-electron chi connectivity index (χ2n) is 27.3. The first-order valence-corrected chi connectivity index (χ1v) is 38.8. The molecule has 9 heteroatoms. The number of quaternary nitrogens is 1. The van der Waals surface area contributed by atoms with Gasteiger partial charge in [0.05, 0.1) is 34.4 Å². The average Bonchev–Trinajstić information content (AvgIpc) is 3.50. The number of ether oxygens (including phenoxy) is 4. The molecule has 0 saturated carbocycles. The van der Waals surface area contributed by atoms with Crippen LogP contribution in [0.4, 0.5) is 0 Å². The number of carbonyl (C=O) groups is 3. The molecule has 0 bridgehead atoms. The number of carboxylic acid groups (broad SMARTS) is 1. The van der Waals surface area contributed by atoms with Gasteiger partial charge >= 0.3 is 17.9 Å². The summed E-state index contributed by atoms with van der Waals surface area (Å²) in [5, 5.41) is 9.77. The van der Waals surface area contributed by atoms with E-state index in [1.54, 1.807) is 0 Å². The van der Waals surface area contributed by atoms with Crippen molar-refractivity contribution in [2.24, 2.45) is 0 Å². The Balaban J connectivity index is 4.04. The molecule has 0 aliphatic carbocycles. The second kappa shape index (κ2) is 72.3. The molecule has 0 aromatic rings. The first-order valence-electron chi connectivity index (χ1n) is 38.8. The number of unbranched alkanes of at least 4 members (excludes halogenated alkanes) is 43. The van der Waals surface area contributed by atoms with Crippen LogP contribution in [0.15, 0.2) is 85.1 Å². The number of allylic oxidation sites excluding steroid dienone is 14. The van der Waals surface area contributed by atoms with E-state index in [9.17, 15) is 19.5 Å². The van der Waals surface area contributed by atoms with E-state index in [-0.39, 0.29) is 38.2 Å². The predicted molar refractivity (Wildman–Crippen MR) is 392 cm³/mol. The van der Waals surface area contributed by atoms with Crippen molar-refractivity contribution in [2.75, 3.05) is 47.5 Å². The number of esters is 2. The van der Waals surface area contributed by atoms with Crippen LogP contribution in [-0.4, -0.2) is 87.4 Å². The van der Waals surface area contributed by atoms with E-state index in [0.29, 0.717) is 17.4 Å². The molecule has 2 atom stereocenters. The molecular formula is C82H148NO8+. The van der Waals surface area contributed by atoms with Gasteiger partial charge in [-0.1, -0.05) is 362 Å². The Morgan fingerprint density at radius 1 is 0.341 bits per heavy atom. The summed E-state index contributed by atoms with van der Waals surface area (Å²) < 4.78 is 23.0. The Morgan fingerprint density at radius 3 is 0.934 bits per heavy atom. The molecule has 91 heavy (non-hydrogen) atoms. The van der Waals surface area contributed by atoms with Gasteiger partial charge in [0, 0.05) is 12.8 Å². The lowest BCUT2D eigenvalue weighted by atomic mass is 10.0. The van der Waals surface area contributed by atoms with Gasteiger partial charge in [0.15, 0.2) is 6.10 Å². The monoisotopic (exact) mass is 1280 g/mol. The minimum absolute atomic E-state index is 0.179. The average molecular weight is 1280 g/mol. The van der Waals surface area contributed by atoms with Gasteiger partial charge in [0.25, 0.3) is 6.29 Å². The Bertz CT molecular complexity index is 1770. The zero-order chi connectivity index (χ0) is 66.1. The van der Waals surface area contributed by atoms with Gasteiger partial charge in [-0.15, -0.1) is 0 Å². The summed E-state index contributed by atoms with van der Waals surface area (Å²) in [6.45, 7) is 4.82. The van der Waals surface area contributed by atoms with Crippen LogP contribution in [0.2, 0.25) is 0 Å². The number of hydrogen-bond donors (Lipinski definition) is 1. The Hall–Kier alpha value is -3.53. The fourth-order valence-electron chi connectivity index (χ4n) is 11.3. The maximum atomic E-state index is 13.0. The minimum atomic E-state index is -1.51. The SMILES string of the molecule is CC/C=C\C/C=C\C/C=C\C/C=C\C/C=C\C/C=C\C/C=C\CCCCCCCCCCCCCCCCCC(=O)OC(COC(=O)CCCCCCCCCCCCCCCCCCCCCCCCCCCCCCC)COC(OCC[N+](C)(C)C)C(=O)O. The van der Waals surface area contributed by atoms with Gasteiger partial charge < -0.3 is 28.5 Å². The van der Waals surface area contributed by atoms with Crippen LogP contribution in [0, 0.1) is 0 Å². The topological polar surface area (TPSA) is 108 Å². The van der Waals surface area contributed by atoms with Crippen molar-refractivity contribution in [3.05, 3.63) is 85.1 Å². The molecule has 0 radical (unpaired) electrons. The van der Waals surface area contributed by atoms with E-state index >= 15 is 0 Å². The molecule has 528 valence electrons. The number of likely N-dealkylation sites (N-methyl/N-ethyl adjacent to an activating group) is 1. The van der Waals surface area contributed by atoms with Gasteiger partial charge in [0.2, 0.25) is 0 Å². The molecule has 0 aromatic carbocycles. The van der Waals surface area contributed by atoms with E-state index in [0.717, 1.165) is 83.5 Å². The van der Waals surface area contributed by atoms with Crippen molar-refractivity contribution < 1.29 is 42.9 Å². The van der Waals surface area contributed by atoms with Crippen molar-refractivity contribution in [1.29, 1.82) is 0 Å². The molecule has 0 spiro atoms. The number of hydrogen-bond acceptors (Lipinski definition) is 7. The maximum Gasteiger partial charge on any atom is 0.361 e. The number of nitrogens with zero attached hydrogens (tertiary/aromatic N) is 1. The summed E-state index contributed by atoms with van der Waals surface area (Å²) in [7, 11) is 5.99. The van der Waals surface area contributed by atoms with E-state index < -0.39 is 18.4 Å². The molecule has 0 amide bonds. The third-order valence-electron chi connectivity index (χ3n) is 17.2. The molecular weight excluding hydrogens is 1130 g/mol. The fourth-order valence-corrected chi connectivity index (χ4v) is 11.3. The maximum absolute atomic E-state index is 13.0. The Labute approximate surface area is 563 Å². The lowest BCUT2D eigenvalue weighted by molar-refractivity contribution is -0.870. The summed E-state index contributed by atoms with van der Waals surface area (Å²) in [4.78, 5) is 37.7. The van der Waals surface area contributed by atoms with Crippen LogP contribution in [0.5, 0.6) is 0 Å². The van der Waals surface area contributed by atoms with E-state index in [2.05, 4.69) is 98.9 Å².